The topological polar surface area (TPSA) is 59.0 Å². The molecule has 1 saturated heterocycles. The second-order valence-corrected chi connectivity index (χ2v) is 5.06. The molecule has 1 fully saturated rings. The van der Waals surface area contributed by atoms with Gasteiger partial charge in [-0.05, 0) is 32.7 Å². The van der Waals surface area contributed by atoms with Crippen LogP contribution in [0.3, 0.4) is 0 Å². The molecule has 0 spiro atoms. The number of hydrogen-bond donors (Lipinski definition) is 2. The quantitative estimate of drug-likeness (QED) is 0.789. The highest BCUT2D eigenvalue weighted by Gasteiger charge is 2.15. The number of nitrogens with zero attached hydrogens (tertiary/aromatic N) is 2. The van der Waals surface area contributed by atoms with Gasteiger partial charge in [-0.25, -0.2) is 4.98 Å². The van der Waals surface area contributed by atoms with Gasteiger partial charge in [-0.3, -0.25) is 4.79 Å². The van der Waals surface area contributed by atoms with Crippen LogP contribution in [0.4, 0.5) is 0 Å². The predicted molar refractivity (Wildman–Crippen MR) is 70.1 cm³/mol. The minimum absolute atomic E-state index is 0.142. The zero-order valence-electron chi connectivity index (χ0n) is 10.9. The van der Waals surface area contributed by atoms with Crippen LogP contribution in [-0.4, -0.2) is 34.1 Å². The van der Waals surface area contributed by atoms with E-state index in [9.17, 15) is 4.79 Å². The standard InChI is InChI=1S/C13H22N4O/c1-11(9-17-8-7-14-10-17)16-13(18)5-4-12-3-2-6-15-12/h7-8,10-12,15H,2-6,9H2,1H3,(H,16,18). The van der Waals surface area contributed by atoms with E-state index in [0.29, 0.717) is 12.5 Å². The van der Waals surface area contributed by atoms with Gasteiger partial charge in [-0.1, -0.05) is 0 Å². The molecule has 5 nitrogen and oxygen atoms in total. The van der Waals surface area contributed by atoms with Crippen molar-refractivity contribution in [1.82, 2.24) is 20.2 Å². The summed E-state index contributed by atoms with van der Waals surface area (Å²) in [5.41, 5.74) is 0. The summed E-state index contributed by atoms with van der Waals surface area (Å²) in [6.45, 7) is 3.89. The summed E-state index contributed by atoms with van der Waals surface area (Å²) in [6, 6.07) is 0.683. The number of carbonyl (C=O) groups is 1. The molecule has 1 aromatic rings. The fraction of sp³-hybridized carbons (Fsp3) is 0.692. The van der Waals surface area contributed by atoms with E-state index >= 15 is 0 Å². The van der Waals surface area contributed by atoms with Gasteiger partial charge in [0.2, 0.25) is 5.91 Å². The summed E-state index contributed by atoms with van der Waals surface area (Å²) < 4.78 is 1.98. The lowest BCUT2D eigenvalue weighted by Gasteiger charge is -2.15. The van der Waals surface area contributed by atoms with Gasteiger partial charge in [-0.2, -0.15) is 0 Å². The monoisotopic (exact) mass is 250 g/mol. The Bertz CT molecular complexity index is 357. The molecule has 2 atom stereocenters. The van der Waals surface area contributed by atoms with Crippen molar-refractivity contribution in [2.75, 3.05) is 6.54 Å². The summed E-state index contributed by atoms with van der Waals surface area (Å²) in [5.74, 6) is 0.149. The SMILES string of the molecule is CC(Cn1ccnc1)NC(=O)CCC1CCCN1. The Labute approximate surface area is 108 Å². The van der Waals surface area contributed by atoms with Crippen molar-refractivity contribution >= 4 is 5.91 Å². The predicted octanol–water partition coefficient (Wildman–Crippen LogP) is 0.920. The molecule has 0 bridgehead atoms. The fourth-order valence-corrected chi connectivity index (χ4v) is 2.41. The summed E-state index contributed by atoms with van der Waals surface area (Å²) in [4.78, 5) is 15.8. The van der Waals surface area contributed by atoms with E-state index in [0.717, 1.165) is 19.5 Å². The van der Waals surface area contributed by atoms with Gasteiger partial charge >= 0.3 is 0 Å². The number of carbonyl (C=O) groups excluding carboxylic acids is 1. The maximum Gasteiger partial charge on any atom is 0.220 e. The van der Waals surface area contributed by atoms with E-state index < -0.39 is 0 Å². The van der Waals surface area contributed by atoms with Crippen LogP contribution in [0.1, 0.15) is 32.6 Å². The van der Waals surface area contributed by atoms with Crippen molar-refractivity contribution in [3.05, 3.63) is 18.7 Å². The summed E-state index contributed by atoms with van der Waals surface area (Å²) in [5, 5.41) is 6.44. The first kappa shape index (κ1) is 13.1. The average Bonchev–Trinajstić information content (AvgIpc) is 2.98. The van der Waals surface area contributed by atoms with Crippen molar-refractivity contribution in [3.63, 3.8) is 0 Å². The van der Waals surface area contributed by atoms with E-state index in [-0.39, 0.29) is 11.9 Å². The van der Waals surface area contributed by atoms with Gasteiger partial charge < -0.3 is 15.2 Å². The van der Waals surface area contributed by atoms with Crippen LogP contribution in [-0.2, 0) is 11.3 Å². The lowest BCUT2D eigenvalue weighted by molar-refractivity contribution is -0.121. The third-order valence-corrected chi connectivity index (χ3v) is 3.33. The minimum atomic E-state index is 0.142. The molecule has 1 aliphatic heterocycles. The Morgan fingerprint density at radius 1 is 1.67 bits per heavy atom. The van der Waals surface area contributed by atoms with E-state index in [1.807, 2.05) is 17.7 Å². The lowest BCUT2D eigenvalue weighted by Crippen LogP contribution is -2.36. The molecular weight excluding hydrogens is 228 g/mol. The van der Waals surface area contributed by atoms with Crippen LogP contribution in [0.2, 0.25) is 0 Å². The maximum atomic E-state index is 11.8. The van der Waals surface area contributed by atoms with E-state index in [4.69, 9.17) is 0 Å². The number of aromatic nitrogens is 2. The van der Waals surface area contributed by atoms with Gasteiger partial charge in [-0.15, -0.1) is 0 Å². The molecular formula is C13H22N4O. The largest absolute Gasteiger partial charge is 0.352 e. The second kappa shape index (κ2) is 6.54. The van der Waals surface area contributed by atoms with Gasteiger partial charge in [0.05, 0.1) is 6.33 Å². The van der Waals surface area contributed by atoms with Crippen LogP contribution in [0.5, 0.6) is 0 Å². The third-order valence-electron chi connectivity index (χ3n) is 3.33. The van der Waals surface area contributed by atoms with Crippen molar-refractivity contribution in [1.29, 1.82) is 0 Å². The molecule has 18 heavy (non-hydrogen) atoms. The van der Waals surface area contributed by atoms with Gasteiger partial charge in [0.1, 0.15) is 0 Å². The Kier molecular flexibility index (Phi) is 4.75. The molecule has 100 valence electrons. The first-order chi connectivity index (χ1) is 8.74. The maximum absolute atomic E-state index is 11.8. The minimum Gasteiger partial charge on any atom is -0.352 e. The highest BCUT2D eigenvalue weighted by Crippen LogP contribution is 2.10. The number of amides is 1. The highest BCUT2D eigenvalue weighted by atomic mass is 16.1. The molecule has 0 aliphatic carbocycles. The van der Waals surface area contributed by atoms with Crippen LogP contribution < -0.4 is 10.6 Å². The van der Waals surface area contributed by atoms with Gasteiger partial charge in [0, 0.05) is 37.4 Å². The molecule has 2 rings (SSSR count). The van der Waals surface area contributed by atoms with Crippen LogP contribution >= 0.6 is 0 Å². The van der Waals surface area contributed by atoms with Gasteiger partial charge in [0.25, 0.3) is 0 Å². The van der Waals surface area contributed by atoms with E-state index in [1.54, 1.807) is 12.5 Å². The van der Waals surface area contributed by atoms with Crippen LogP contribution in [0.25, 0.3) is 0 Å². The summed E-state index contributed by atoms with van der Waals surface area (Å²) in [6.07, 6.45) is 9.44. The Morgan fingerprint density at radius 2 is 2.56 bits per heavy atom. The number of imidazole rings is 1. The van der Waals surface area contributed by atoms with Crippen molar-refractivity contribution < 1.29 is 4.79 Å². The molecule has 1 aromatic heterocycles. The molecule has 5 heteroatoms. The summed E-state index contributed by atoms with van der Waals surface area (Å²) in [7, 11) is 0. The zero-order chi connectivity index (χ0) is 12.8. The molecule has 0 aromatic carbocycles. The average molecular weight is 250 g/mol. The van der Waals surface area contributed by atoms with Gasteiger partial charge in [0.15, 0.2) is 0 Å². The highest BCUT2D eigenvalue weighted by molar-refractivity contribution is 5.76. The first-order valence-corrected chi connectivity index (χ1v) is 6.72. The number of rotatable bonds is 6. The Balaban J connectivity index is 1.63. The summed E-state index contributed by atoms with van der Waals surface area (Å²) >= 11 is 0. The van der Waals surface area contributed by atoms with Crippen molar-refractivity contribution in [2.24, 2.45) is 0 Å². The first-order valence-electron chi connectivity index (χ1n) is 6.72. The molecule has 2 heterocycles. The Morgan fingerprint density at radius 3 is 3.22 bits per heavy atom. The normalized spacial score (nSPS) is 20.8. The molecule has 0 radical (unpaired) electrons. The van der Waals surface area contributed by atoms with E-state index in [1.165, 1.54) is 12.8 Å². The second-order valence-electron chi connectivity index (χ2n) is 5.06. The molecule has 1 amide bonds. The van der Waals surface area contributed by atoms with Crippen LogP contribution in [0, 0.1) is 0 Å². The third kappa shape index (κ3) is 4.14. The molecule has 2 N–H and O–H groups in total. The fourth-order valence-electron chi connectivity index (χ4n) is 2.41. The molecule has 0 saturated carbocycles. The van der Waals surface area contributed by atoms with Crippen molar-refractivity contribution in [3.8, 4) is 0 Å². The smallest absolute Gasteiger partial charge is 0.220 e. The molecule has 2 unspecified atom stereocenters. The lowest BCUT2D eigenvalue weighted by atomic mass is 10.1. The van der Waals surface area contributed by atoms with Crippen LogP contribution in [0.15, 0.2) is 18.7 Å². The van der Waals surface area contributed by atoms with Crippen molar-refractivity contribution in [2.45, 2.75) is 51.2 Å². The molecule has 1 aliphatic rings. The Hall–Kier alpha value is -1.36. The number of hydrogen-bond acceptors (Lipinski definition) is 3. The number of nitrogens with one attached hydrogen (secondary N) is 2. The van der Waals surface area contributed by atoms with E-state index in [2.05, 4.69) is 15.6 Å². The zero-order valence-corrected chi connectivity index (χ0v) is 10.9.